The molecule has 0 spiro atoms. The van der Waals surface area contributed by atoms with Gasteiger partial charge in [0.25, 0.3) is 0 Å². The molecule has 1 rings (SSSR count). The van der Waals surface area contributed by atoms with Crippen molar-refractivity contribution < 1.29 is 9.11 Å². The first-order valence-corrected chi connectivity index (χ1v) is 4.03. The molecular formula is C4H8N2O2S. The van der Waals surface area contributed by atoms with Gasteiger partial charge in [0.15, 0.2) is 0 Å². The first-order valence-electron chi connectivity index (χ1n) is 2.35. The molecule has 0 aliphatic carbocycles. The second-order valence-electron chi connectivity index (χ2n) is 1.69. The Bertz CT molecular complexity index is 166. The van der Waals surface area contributed by atoms with Gasteiger partial charge in [0, 0.05) is 17.8 Å². The van der Waals surface area contributed by atoms with Crippen LogP contribution in [0.2, 0.25) is 0 Å². The van der Waals surface area contributed by atoms with Gasteiger partial charge in [-0.15, -0.1) is 0 Å². The van der Waals surface area contributed by atoms with Crippen molar-refractivity contribution in [2.75, 3.05) is 0 Å². The molecule has 1 aliphatic heterocycles. The molecule has 0 aromatic heterocycles. The summed E-state index contributed by atoms with van der Waals surface area (Å²) in [5.74, 6) is 0. The molecule has 0 bridgehead atoms. The zero-order chi connectivity index (χ0) is 6.91. The lowest BCUT2D eigenvalue weighted by Crippen LogP contribution is -2.28. The maximum absolute atomic E-state index is 8.98. The lowest BCUT2D eigenvalue weighted by Gasteiger charge is -2.33. The largest absolute Gasteiger partial charge is 0.307 e. The molecule has 0 fully saturated rings. The monoisotopic (exact) mass is 148 g/mol. The summed E-state index contributed by atoms with van der Waals surface area (Å²) in [5, 5.41) is 0.486. The van der Waals surface area contributed by atoms with Crippen LogP contribution in [0.1, 0.15) is 0 Å². The van der Waals surface area contributed by atoms with Crippen LogP contribution in [-0.2, 0) is 0 Å². The van der Waals surface area contributed by atoms with Crippen molar-refractivity contribution in [2.45, 2.75) is 5.37 Å². The highest BCUT2D eigenvalue weighted by atomic mass is 32.3. The number of rotatable bonds is 0. The zero-order valence-electron chi connectivity index (χ0n) is 4.64. The van der Waals surface area contributed by atoms with Crippen molar-refractivity contribution in [3.63, 3.8) is 0 Å². The second kappa shape index (κ2) is 2.11. The van der Waals surface area contributed by atoms with Crippen LogP contribution in [0.4, 0.5) is 0 Å². The van der Waals surface area contributed by atoms with E-state index in [4.69, 9.17) is 14.8 Å². The van der Waals surface area contributed by atoms with E-state index in [1.165, 1.54) is 17.8 Å². The molecule has 0 aromatic rings. The lowest BCUT2D eigenvalue weighted by atomic mass is 10.7. The van der Waals surface area contributed by atoms with Crippen molar-refractivity contribution in [2.24, 2.45) is 10.7 Å². The van der Waals surface area contributed by atoms with E-state index in [1.807, 2.05) is 0 Å². The van der Waals surface area contributed by atoms with Gasteiger partial charge >= 0.3 is 0 Å². The van der Waals surface area contributed by atoms with Crippen molar-refractivity contribution in [3.05, 3.63) is 11.6 Å². The average molecular weight is 148 g/mol. The Morgan fingerprint density at radius 1 is 1.56 bits per heavy atom. The van der Waals surface area contributed by atoms with Gasteiger partial charge in [-0.1, -0.05) is 0 Å². The number of nitrogens with zero attached hydrogens (tertiary/aromatic N) is 1. The molecule has 4 nitrogen and oxygen atoms in total. The molecule has 5 heteroatoms. The molecule has 0 radical (unpaired) electrons. The molecule has 1 unspecified atom stereocenters. The van der Waals surface area contributed by atoms with Gasteiger partial charge in [0.05, 0.1) is 0 Å². The maximum Gasteiger partial charge on any atom is 0.135 e. The fourth-order valence-electron chi connectivity index (χ4n) is 0.440. The molecule has 0 saturated carbocycles. The lowest BCUT2D eigenvalue weighted by molar-refractivity contribution is 0.494. The molecule has 0 amide bonds. The Morgan fingerprint density at radius 2 is 2.22 bits per heavy atom. The van der Waals surface area contributed by atoms with Crippen molar-refractivity contribution >= 4 is 16.8 Å². The van der Waals surface area contributed by atoms with E-state index in [-0.39, 0.29) is 0 Å². The van der Waals surface area contributed by atoms with E-state index < -0.39 is 16.0 Å². The normalized spacial score (nSPS) is 34.3. The summed E-state index contributed by atoms with van der Waals surface area (Å²) in [7, 11) is -2.71. The van der Waals surface area contributed by atoms with Crippen molar-refractivity contribution in [3.8, 4) is 0 Å². The van der Waals surface area contributed by atoms with Gasteiger partial charge in [-0.25, -0.2) is 0 Å². The Morgan fingerprint density at radius 3 is 2.56 bits per heavy atom. The van der Waals surface area contributed by atoms with Crippen LogP contribution in [0.15, 0.2) is 16.6 Å². The first kappa shape index (κ1) is 6.76. The molecule has 9 heavy (non-hydrogen) atoms. The summed E-state index contributed by atoms with van der Waals surface area (Å²) in [6.07, 6.45) is 2.65. The fraction of sp³-hybridized carbons (Fsp3) is 0.250. The highest BCUT2D eigenvalue weighted by molar-refractivity contribution is 8.27. The van der Waals surface area contributed by atoms with E-state index in [2.05, 4.69) is 4.99 Å². The quantitative estimate of drug-likeness (QED) is 0.470. The van der Waals surface area contributed by atoms with Gasteiger partial charge in [0.1, 0.15) is 5.37 Å². The summed E-state index contributed by atoms with van der Waals surface area (Å²) in [6, 6.07) is 0. The van der Waals surface area contributed by atoms with E-state index in [1.54, 1.807) is 0 Å². The Balaban J connectivity index is 2.78. The third-order valence-corrected chi connectivity index (χ3v) is 2.43. The Hall–Kier alpha value is -0.360. The standard InChI is InChI=1S/C4H8N2O2S/c5-4-3-6-1-2-9(4,7)8/h1-4,7-8H,5H2. The van der Waals surface area contributed by atoms with Gasteiger partial charge in [0.2, 0.25) is 0 Å². The summed E-state index contributed by atoms with van der Waals surface area (Å²) in [4.78, 5) is 3.62. The molecule has 1 aliphatic rings. The molecule has 4 N–H and O–H groups in total. The van der Waals surface area contributed by atoms with Crippen LogP contribution in [-0.4, -0.2) is 20.7 Å². The van der Waals surface area contributed by atoms with Gasteiger partial charge < -0.3 is 5.73 Å². The first-order chi connectivity index (χ1) is 4.13. The Kier molecular flexibility index (Phi) is 1.58. The smallest absolute Gasteiger partial charge is 0.135 e. The average Bonchev–Trinajstić information content (AvgIpc) is 1.77. The number of aliphatic imine (C=N–C) groups is 1. The SMILES string of the molecule is NC1C=NC=CS1(O)O. The van der Waals surface area contributed by atoms with E-state index in [0.717, 1.165) is 0 Å². The number of hydrogen-bond donors (Lipinski definition) is 3. The minimum absolute atomic E-state index is 0.734. The van der Waals surface area contributed by atoms with Crippen LogP contribution in [0, 0.1) is 0 Å². The Labute approximate surface area is 54.4 Å². The third-order valence-electron chi connectivity index (χ3n) is 0.981. The summed E-state index contributed by atoms with van der Waals surface area (Å²) < 4.78 is 18.0. The molecular weight excluding hydrogens is 140 g/mol. The summed E-state index contributed by atoms with van der Waals surface area (Å²) >= 11 is 0. The highest BCUT2D eigenvalue weighted by Crippen LogP contribution is 2.43. The predicted molar refractivity (Wildman–Crippen MR) is 38.5 cm³/mol. The van der Waals surface area contributed by atoms with Crippen molar-refractivity contribution in [1.82, 2.24) is 0 Å². The maximum atomic E-state index is 8.98. The number of nitrogens with two attached hydrogens (primary N) is 1. The molecule has 0 aromatic carbocycles. The van der Waals surface area contributed by atoms with Crippen molar-refractivity contribution in [1.29, 1.82) is 0 Å². The second-order valence-corrected chi connectivity index (χ2v) is 3.78. The van der Waals surface area contributed by atoms with Crippen LogP contribution < -0.4 is 5.73 Å². The van der Waals surface area contributed by atoms with Crippen LogP contribution >= 0.6 is 10.6 Å². The third kappa shape index (κ3) is 1.31. The summed E-state index contributed by atoms with van der Waals surface area (Å²) in [5.41, 5.74) is 5.25. The van der Waals surface area contributed by atoms with Gasteiger partial charge in [-0.05, 0) is 0 Å². The topological polar surface area (TPSA) is 78.8 Å². The highest BCUT2D eigenvalue weighted by Gasteiger charge is 2.18. The van der Waals surface area contributed by atoms with Crippen LogP contribution in [0.25, 0.3) is 0 Å². The molecule has 52 valence electrons. The van der Waals surface area contributed by atoms with Gasteiger partial charge in [-0.2, -0.15) is 10.6 Å². The van der Waals surface area contributed by atoms with E-state index in [9.17, 15) is 0 Å². The van der Waals surface area contributed by atoms with E-state index in [0.29, 0.717) is 0 Å². The van der Waals surface area contributed by atoms with Crippen LogP contribution in [0.3, 0.4) is 0 Å². The minimum atomic E-state index is -2.71. The molecule has 1 atom stereocenters. The molecule has 0 saturated heterocycles. The van der Waals surface area contributed by atoms with Crippen LogP contribution in [0.5, 0.6) is 0 Å². The van der Waals surface area contributed by atoms with Gasteiger partial charge in [-0.3, -0.25) is 14.1 Å². The van der Waals surface area contributed by atoms with E-state index >= 15 is 0 Å². The fourth-order valence-corrected chi connectivity index (χ4v) is 1.12. The summed E-state index contributed by atoms with van der Waals surface area (Å²) in [6.45, 7) is 0. The zero-order valence-corrected chi connectivity index (χ0v) is 5.45. The molecule has 1 heterocycles. The number of hydrogen-bond acceptors (Lipinski definition) is 4. The minimum Gasteiger partial charge on any atom is -0.307 e. The predicted octanol–water partition coefficient (Wildman–Crippen LogP) is 0.577.